The van der Waals surface area contributed by atoms with E-state index < -0.39 is 0 Å². The largest absolute Gasteiger partial charge is 0.310 e. The molecule has 228 valence electrons. The lowest BCUT2D eigenvalue weighted by Crippen LogP contribution is -2.17. The van der Waals surface area contributed by atoms with Crippen molar-refractivity contribution in [3.05, 3.63) is 187 Å². The zero-order valence-corrected chi connectivity index (χ0v) is 27.2. The fraction of sp³-hybridized carbons (Fsp3) is 0.0638. The molecule has 0 spiro atoms. The second-order valence-electron chi connectivity index (χ2n) is 13.4. The topological polar surface area (TPSA) is 3.24 Å². The van der Waals surface area contributed by atoms with Gasteiger partial charge in [0.05, 0.1) is 5.69 Å². The third kappa shape index (κ3) is 4.54. The maximum absolute atomic E-state index is 2.47. The lowest BCUT2D eigenvalue weighted by atomic mass is 9.81. The highest BCUT2D eigenvalue weighted by Gasteiger charge is 2.36. The van der Waals surface area contributed by atoms with E-state index in [9.17, 15) is 0 Å². The van der Waals surface area contributed by atoms with Crippen LogP contribution in [0.2, 0.25) is 0 Å². The number of hydrogen-bond acceptors (Lipinski definition) is 1. The molecule has 0 N–H and O–H groups in total. The molecule has 1 heteroatoms. The van der Waals surface area contributed by atoms with E-state index in [0.29, 0.717) is 0 Å². The second kappa shape index (κ2) is 11.1. The average molecular weight is 614 g/mol. The first-order valence-corrected chi connectivity index (χ1v) is 16.8. The predicted molar refractivity (Wildman–Crippen MR) is 205 cm³/mol. The Labute approximate surface area is 282 Å². The molecule has 0 unspecified atom stereocenters. The summed E-state index contributed by atoms with van der Waals surface area (Å²) in [5.74, 6) is 0. The van der Waals surface area contributed by atoms with Gasteiger partial charge in [0.25, 0.3) is 0 Å². The van der Waals surface area contributed by atoms with E-state index in [1.165, 1.54) is 71.7 Å². The molecular weight excluding hydrogens is 579 g/mol. The van der Waals surface area contributed by atoms with Crippen molar-refractivity contribution in [2.45, 2.75) is 19.3 Å². The molecule has 1 aliphatic rings. The van der Waals surface area contributed by atoms with Gasteiger partial charge in [0.2, 0.25) is 0 Å². The standard InChI is InChI=1S/C47H35N/c1-47(2)44-29-35(33-16-7-4-8-17-33)24-26-41(44)42-27-25-38(31-45(42)47)48(37-20-13-19-34(28-37)32-14-5-3-6-15-32)46-30-36-18-9-10-21-39(36)40-22-11-12-23-43(40)46/h3-31H,1-2H3. The maximum atomic E-state index is 2.47. The summed E-state index contributed by atoms with van der Waals surface area (Å²) in [7, 11) is 0. The minimum atomic E-state index is -0.158. The summed E-state index contributed by atoms with van der Waals surface area (Å²) in [6.07, 6.45) is 0. The Hall–Kier alpha value is -5.92. The molecule has 8 aromatic rings. The number of hydrogen-bond donors (Lipinski definition) is 0. The van der Waals surface area contributed by atoms with Gasteiger partial charge in [-0.15, -0.1) is 0 Å². The van der Waals surface area contributed by atoms with Crippen molar-refractivity contribution in [1.29, 1.82) is 0 Å². The fourth-order valence-electron chi connectivity index (χ4n) is 7.78. The quantitative estimate of drug-likeness (QED) is 0.175. The van der Waals surface area contributed by atoms with Crippen LogP contribution in [0.1, 0.15) is 25.0 Å². The molecule has 0 saturated carbocycles. The summed E-state index contributed by atoms with van der Waals surface area (Å²) in [6.45, 7) is 4.75. The fourth-order valence-corrected chi connectivity index (χ4v) is 7.78. The van der Waals surface area contributed by atoms with Gasteiger partial charge in [-0.3, -0.25) is 0 Å². The summed E-state index contributed by atoms with van der Waals surface area (Å²) in [5, 5.41) is 5.00. The van der Waals surface area contributed by atoms with Gasteiger partial charge in [0, 0.05) is 22.2 Å². The van der Waals surface area contributed by atoms with E-state index in [-0.39, 0.29) is 5.41 Å². The molecular formula is C47H35N. The SMILES string of the molecule is CC1(C)c2cc(-c3ccccc3)ccc2-c2ccc(N(c3cccc(-c4ccccc4)c3)c3cc4ccccc4c4ccccc34)cc21. The van der Waals surface area contributed by atoms with Gasteiger partial charge >= 0.3 is 0 Å². The summed E-state index contributed by atoms with van der Waals surface area (Å²) in [6, 6.07) is 64.4. The van der Waals surface area contributed by atoms with E-state index in [4.69, 9.17) is 0 Å². The van der Waals surface area contributed by atoms with Crippen molar-refractivity contribution in [3.8, 4) is 33.4 Å². The lowest BCUT2D eigenvalue weighted by molar-refractivity contribution is 0.660. The molecule has 0 radical (unpaired) electrons. The van der Waals surface area contributed by atoms with Gasteiger partial charge in [0.15, 0.2) is 0 Å². The van der Waals surface area contributed by atoms with Crippen LogP contribution in [0.4, 0.5) is 17.1 Å². The van der Waals surface area contributed by atoms with Crippen LogP contribution in [-0.4, -0.2) is 0 Å². The van der Waals surface area contributed by atoms with Crippen LogP contribution < -0.4 is 4.90 Å². The highest BCUT2D eigenvalue weighted by Crippen LogP contribution is 2.52. The van der Waals surface area contributed by atoms with Crippen molar-refractivity contribution < 1.29 is 0 Å². The number of benzene rings is 8. The van der Waals surface area contributed by atoms with E-state index >= 15 is 0 Å². The molecule has 0 saturated heterocycles. The van der Waals surface area contributed by atoms with Gasteiger partial charge in [-0.2, -0.15) is 0 Å². The highest BCUT2D eigenvalue weighted by atomic mass is 15.1. The molecule has 0 fully saturated rings. The molecule has 0 aromatic heterocycles. The van der Waals surface area contributed by atoms with Crippen molar-refractivity contribution in [2.75, 3.05) is 4.90 Å². The zero-order valence-electron chi connectivity index (χ0n) is 27.2. The Morgan fingerprint density at radius 1 is 0.375 bits per heavy atom. The molecule has 1 nitrogen and oxygen atoms in total. The molecule has 0 amide bonds. The molecule has 48 heavy (non-hydrogen) atoms. The van der Waals surface area contributed by atoms with Gasteiger partial charge < -0.3 is 4.90 Å². The minimum absolute atomic E-state index is 0.158. The summed E-state index contributed by atoms with van der Waals surface area (Å²) >= 11 is 0. The van der Waals surface area contributed by atoms with Crippen LogP contribution in [0.15, 0.2) is 176 Å². The third-order valence-corrected chi connectivity index (χ3v) is 10.2. The third-order valence-electron chi connectivity index (χ3n) is 10.2. The van der Waals surface area contributed by atoms with Gasteiger partial charge in [-0.25, -0.2) is 0 Å². The molecule has 0 bridgehead atoms. The summed E-state index contributed by atoms with van der Waals surface area (Å²) < 4.78 is 0. The van der Waals surface area contributed by atoms with E-state index in [1.54, 1.807) is 0 Å². The Morgan fingerprint density at radius 3 is 1.65 bits per heavy atom. The first-order valence-electron chi connectivity index (χ1n) is 16.8. The maximum Gasteiger partial charge on any atom is 0.0546 e. The Balaban J connectivity index is 1.26. The minimum Gasteiger partial charge on any atom is -0.310 e. The number of fused-ring (bicyclic) bond motifs is 6. The molecule has 0 atom stereocenters. The Morgan fingerprint density at radius 2 is 0.917 bits per heavy atom. The van der Waals surface area contributed by atoms with E-state index in [1.807, 2.05) is 0 Å². The first kappa shape index (κ1) is 28.3. The molecule has 0 aliphatic heterocycles. The van der Waals surface area contributed by atoms with Crippen molar-refractivity contribution in [1.82, 2.24) is 0 Å². The monoisotopic (exact) mass is 613 g/mol. The van der Waals surface area contributed by atoms with Crippen LogP contribution in [0.25, 0.3) is 54.9 Å². The first-order chi connectivity index (χ1) is 23.6. The lowest BCUT2D eigenvalue weighted by Gasteiger charge is -2.30. The Bertz CT molecular complexity index is 2470. The molecule has 0 heterocycles. The normalized spacial score (nSPS) is 13.0. The van der Waals surface area contributed by atoms with Crippen LogP contribution in [0.3, 0.4) is 0 Å². The highest BCUT2D eigenvalue weighted by molar-refractivity contribution is 6.14. The van der Waals surface area contributed by atoms with Crippen molar-refractivity contribution in [2.24, 2.45) is 0 Å². The zero-order chi connectivity index (χ0) is 32.2. The number of rotatable bonds is 5. The van der Waals surface area contributed by atoms with Crippen molar-refractivity contribution >= 4 is 38.6 Å². The molecule has 1 aliphatic carbocycles. The van der Waals surface area contributed by atoms with Gasteiger partial charge in [-0.05, 0) is 97.1 Å². The van der Waals surface area contributed by atoms with E-state index in [0.717, 1.165) is 11.4 Å². The Kier molecular flexibility index (Phi) is 6.55. The van der Waals surface area contributed by atoms with Crippen LogP contribution in [-0.2, 0) is 5.41 Å². The van der Waals surface area contributed by atoms with Crippen LogP contribution in [0, 0.1) is 0 Å². The molecule has 8 aromatic carbocycles. The van der Waals surface area contributed by atoms with Gasteiger partial charge in [-0.1, -0.05) is 153 Å². The number of nitrogens with zero attached hydrogens (tertiary/aromatic N) is 1. The predicted octanol–water partition coefficient (Wildman–Crippen LogP) is 13.1. The summed E-state index contributed by atoms with van der Waals surface area (Å²) in [5.41, 5.74) is 13.6. The van der Waals surface area contributed by atoms with Crippen LogP contribution in [0.5, 0.6) is 0 Å². The average Bonchev–Trinajstić information content (AvgIpc) is 3.37. The number of anilines is 3. The van der Waals surface area contributed by atoms with E-state index in [2.05, 4.69) is 195 Å². The smallest absolute Gasteiger partial charge is 0.0546 e. The van der Waals surface area contributed by atoms with Crippen LogP contribution >= 0.6 is 0 Å². The van der Waals surface area contributed by atoms with Crippen molar-refractivity contribution in [3.63, 3.8) is 0 Å². The summed E-state index contributed by atoms with van der Waals surface area (Å²) in [4.78, 5) is 2.47. The molecule has 9 rings (SSSR count). The van der Waals surface area contributed by atoms with Gasteiger partial charge in [0.1, 0.15) is 0 Å². The second-order valence-corrected chi connectivity index (χ2v) is 13.4.